The predicted molar refractivity (Wildman–Crippen MR) is 59.4 cm³/mol. The van der Waals surface area contributed by atoms with Crippen LogP contribution < -0.4 is 11.1 Å². The van der Waals surface area contributed by atoms with Crippen LogP contribution in [0.3, 0.4) is 0 Å². The van der Waals surface area contributed by atoms with Crippen LogP contribution in [0.4, 0.5) is 10.1 Å². The molecule has 88 valence electrons. The summed E-state index contributed by atoms with van der Waals surface area (Å²) in [6, 6.07) is 4.46. The Morgan fingerprint density at radius 3 is 2.88 bits per heavy atom. The van der Waals surface area contributed by atoms with Crippen molar-refractivity contribution in [2.75, 3.05) is 18.5 Å². The summed E-state index contributed by atoms with van der Waals surface area (Å²) in [4.78, 5) is 11.3. The monoisotopic (exact) mass is 226 g/mol. The number of halogens is 1. The zero-order valence-electron chi connectivity index (χ0n) is 9.13. The standard InChI is InChI=1S/C11H15FN2O2/c1-2-16-7-11(15)14-10-4-3-8(6-13)5-9(10)12/h3-5H,2,6-7,13H2,1H3,(H,14,15). The quantitative estimate of drug-likeness (QED) is 0.794. The topological polar surface area (TPSA) is 64.3 Å². The molecule has 0 aromatic heterocycles. The average Bonchev–Trinajstić information content (AvgIpc) is 2.29. The molecule has 0 fully saturated rings. The van der Waals surface area contributed by atoms with Gasteiger partial charge in [-0.1, -0.05) is 6.07 Å². The van der Waals surface area contributed by atoms with Gasteiger partial charge in [0.15, 0.2) is 0 Å². The van der Waals surface area contributed by atoms with Crippen LogP contribution in [0.15, 0.2) is 18.2 Å². The number of amides is 1. The summed E-state index contributed by atoms with van der Waals surface area (Å²) in [5.41, 5.74) is 6.18. The minimum atomic E-state index is -0.493. The number of hydrogen-bond acceptors (Lipinski definition) is 3. The predicted octanol–water partition coefficient (Wildman–Crippen LogP) is 1.26. The number of carbonyl (C=O) groups is 1. The van der Waals surface area contributed by atoms with E-state index in [1.807, 2.05) is 0 Å². The highest BCUT2D eigenvalue weighted by Crippen LogP contribution is 2.15. The highest BCUT2D eigenvalue weighted by molar-refractivity contribution is 5.91. The highest BCUT2D eigenvalue weighted by atomic mass is 19.1. The first-order chi connectivity index (χ1) is 7.67. The molecule has 0 aliphatic rings. The fourth-order valence-corrected chi connectivity index (χ4v) is 1.17. The molecule has 0 spiro atoms. The third-order valence-corrected chi connectivity index (χ3v) is 1.98. The van der Waals surface area contributed by atoms with E-state index in [2.05, 4.69) is 5.32 Å². The van der Waals surface area contributed by atoms with Gasteiger partial charge in [0.1, 0.15) is 12.4 Å². The van der Waals surface area contributed by atoms with E-state index >= 15 is 0 Å². The molecule has 0 bridgehead atoms. The van der Waals surface area contributed by atoms with Gasteiger partial charge < -0.3 is 15.8 Å². The lowest BCUT2D eigenvalue weighted by atomic mass is 10.2. The fourth-order valence-electron chi connectivity index (χ4n) is 1.17. The van der Waals surface area contributed by atoms with Gasteiger partial charge in [0.2, 0.25) is 5.91 Å². The Morgan fingerprint density at radius 2 is 2.31 bits per heavy atom. The Labute approximate surface area is 93.6 Å². The maximum Gasteiger partial charge on any atom is 0.250 e. The Morgan fingerprint density at radius 1 is 1.56 bits per heavy atom. The van der Waals surface area contributed by atoms with Gasteiger partial charge in [0, 0.05) is 13.2 Å². The van der Waals surface area contributed by atoms with Crippen molar-refractivity contribution < 1.29 is 13.9 Å². The van der Waals surface area contributed by atoms with E-state index in [-0.39, 0.29) is 24.7 Å². The average molecular weight is 226 g/mol. The second-order valence-electron chi connectivity index (χ2n) is 3.20. The third kappa shape index (κ3) is 3.60. The lowest BCUT2D eigenvalue weighted by Crippen LogP contribution is -2.19. The molecule has 16 heavy (non-hydrogen) atoms. The molecule has 0 atom stereocenters. The molecule has 0 heterocycles. The van der Waals surface area contributed by atoms with E-state index in [0.29, 0.717) is 12.2 Å². The summed E-state index contributed by atoms with van der Waals surface area (Å²) in [7, 11) is 0. The molecule has 1 amide bonds. The molecular weight excluding hydrogens is 211 g/mol. The van der Waals surface area contributed by atoms with Gasteiger partial charge in [-0.05, 0) is 24.6 Å². The van der Waals surface area contributed by atoms with Gasteiger partial charge in [-0.15, -0.1) is 0 Å². The van der Waals surface area contributed by atoms with Gasteiger partial charge in [-0.25, -0.2) is 4.39 Å². The van der Waals surface area contributed by atoms with Gasteiger partial charge >= 0.3 is 0 Å². The van der Waals surface area contributed by atoms with E-state index in [1.54, 1.807) is 13.0 Å². The molecule has 1 rings (SSSR count). The molecule has 0 saturated heterocycles. The van der Waals surface area contributed by atoms with Crippen molar-refractivity contribution in [1.29, 1.82) is 0 Å². The maximum atomic E-state index is 13.4. The van der Waals surface area contributed by atoms with Crippen molar-refractivity contribution in [1.82, 2.24) is 0 Å². The Hall–Kier alpha value is -1.46. The van der Waals surface area contributed by atoms with Gasteiger partial charge in [0.25, 0.3) is 0 Å². The zero-order chi connectivity index (χ0) is 12.0. The third-order valence-electron chi connectivity index (χ3n) is 1.98. The van der Waals surface area contributed by atoms with Crippen molar-refractivity contribution in [3.05, 3.63) is 29.6 Å². The van der Waals surface area contributed by atoms with E-state index in [0.717, 1.165) is 0 Å². The minimum absolute atomic E-state index is 0.0748. The number of anilines is 1. The van der Waals surface area contributed by atoms with Crippen LogP contribution in [-0.2, 0) is 16.1 Å². The number of nitrogens with two attached hydrogens (primary N) is 1. The second kappa shape index (κ2) is 6.19. The molecule has 0 radical (unpaired) electrons. The summed E-state index contributed by atoms with van der Waals surface area (Å²) < 4.78 is 18.3. The van der Waals surface area contributed by atoms with Crippen LogP contribution in [0.2, 0.25) is 0 Å². The van der Waals surface area contributed by atoms with Crippen molar-refractivity contribution in [2.45, 2.75) is 13.5 Å². The van der Waals surface area contributed by atoms with E-state index < -0.39 is 5.82 Å². The van der Waals surface area contributed by atoms with Crippen molar-refractivity contribution >= 4 is 11.6 Å². The lowest BCUT2D eigenvalue weighted by molar-refractivity contribution is -0.120. The Bertz CT molecular complexity index is 369. The van der Waals surface area contributed by atoms with Crippen molar-refractivity contribution in [2.24, 2.45) is 5.73 Å². The van der Waals surface area contributed by atoms with Crippen LogP contribution >= 0.6 is 0 Å². The highest BCUT2D eigenvalue weighted by Gasteiger charge is 2.07. The second-order valence-corrected chi connectivity index (χ2v) is 3.20. The van der Waals surface area contributed by atoms with Gasteiger partial charge in [0.05, 0.1) is 5.69 Å². The summed E-state index contributed by atoms with van der Waals surface area (Å²) in [5.74, 6) is -0.867. The molecule has 4 nitrogen and oxygen atoms in total. The number of carbonyl (C=O) groups excluding carboxylic acids is 1. The largest absolute Gasteiger partial charge is 0.372 e. The number of ether oxygens (including phenoxy) is 1. The molecule has 5 heteroatoms. The molecule has 1 aromatic carbocycles. The fraction of sp³-hybridized carbons (Fsp3) is 0.364. The van der Waals surface area contributed by atoms with Crippen LogP contribution in [0.5, 0.6) is 0 Å². The van der Waals surface area contributed by atoms with E-state index in [1.165, 1.54) is 12.1 Å². The van der Waals surface area contributed by atoms with Crippen molar-refractivity contribution in [3.63, 3.8) is 0 Å². The van der Waals surface area contributed by atoms with Gasteiger partial charge in [-0.3, -0.25) is 4.79 Å². The zero-order valence-corrected chi connectivity index (χ0v) is 9.13. The molecule has 3 N–H and O–H groups in total. The first kappa shape index (κ1) is 12.6. The molecule has 0 aliphatic carbocycles. The number of rotatable bonds is 5. The summed E-state index contributed by atoms with van der Waals surface area (Å²) in [6.07, 6.45) is 0. The minimum Gasteiger partial charge on any atom is -0.372 e. The smallest absolute Gasteiger partial charge is 0.250 e. The molecule has 1 aromatic rings. The van der Waals surface area contributed by atoms with E-state index in [9.17, 15) is 9.18 Å². The summed E-state index contributed by atoms with van der Waals surface area (Å²) in [6.45, 7) is 2.42. The van der Waals surface area contributed by atoms with Crippen LogP contribution in [0, 0.1) is 5.82 Å². The van der Waals surface area contributed by atoms with Crippen LogP contribution in [0.1, 0.15) is 12.5 Å². The summed E-state index contributed by atoms with van der Waals surface area (Å²) >= 11 is 0. The SMILES string of the molecule is CCOCC(=O)Nc1ccc(CN)cc1F. The molecule has 0 aliphatic heterocycles. The number of hydrogen-bond donors (Lipinski definition) is 2. The number of benzene rings is 1. The molecule has 0 saturated carbocycles. The van der Waals surface area contributed by atoms with E-state index in [4.69, 9.17) is 10.5 Å². The number of nitrogens with one attached hydrogen (secondary N) is 1. The lowest BCUT2D eigenvalue weighted by Gasteiger charge is -2.07. The summed E-state index contributed by atoms with van der Waals surface area (Å²) in [5, 5.41) is 2.42. The Balaban J connectivity index is 2.63. The Kier molecular flexibility index (Phi) is 4.88. The molecule has 0 unspecified atom stereocenters. The first-order valence-corrected chi connectivity index (χ1v) is 5.03. The molecular formula is C11H15FN2O2. The van der Waals surface area contributed by atoms with Crippen LogP contribution in [-0.4, -0.2) is 19.1 Å². The van der Waals surface area contributed by atoms with Crippen molar-refractivity contribution in [3.8, 4) is 0 Å². The van der Waals surface area contributed by atoms with Gasteiger partial charge in [-0.2, -0.15) is 0 Å². The normalized spacial score (nSPS) is 10.2. The maximum absolute atomic E-state index is 13.4. The van der Waals surface area contributed by atoms with Crippen LogP contribution in [0.25, 0.3) is 0 Å². The first-order valence-electron chi connectivity index (χ1n) is 5.03.